The summed E-state index contributed by atoms with van der Waals surface area (Å²) in [6, 6.07) is 1.64. The average molecular weight is 656 g/mol. The molecule has 3 rings (SSSR count). The number of aliphatic hydroxyl groups is 11. The molecule has 0 spiro atoms. The topological polar surface area (TPSA) is 360 Å². The summed E-state index contributed by atoms with van der Waals surface area (Å²) < 4.78 is 20.9. The summed E-state index contributed by atoms with van der Waals surface area (Å²) in [6.07, 6.45) is -26.7. The number of hydrogen-bond donors (Lipinski definition) is 14. The fourth-order valence-electron chi connectivity index (χ4n) is 4.62. The predicted octanol–water partition coefficient (Wildman–Crippen LogP) is -7.06. The second-order valence-electron chi connectivity index (χ2n) is 10.5. The van der Waals surface area contributed by atoms with Gasteiger partial charge in [-0.25, -0.2) is 4.79 Å². The van der Waals surface area contributed by atoms with Crippen molar-refractivity contribution in [3.05, 3.63) is 23.3 Å². The van der Waals surface area contributed by atoms with Crippen LogP contribution in [0.5, 0.6) is 5.75 Å². The molecule has 15 N–H and O–H groups in total. The van der Waals surface area contributed by atoms with Crippen molar-refractivity contribution in [1.82, 2.24) is 0 Å². The number of hydrogen-bond acceptors (Lipinski definition) is 19. The predicted molar refractivity (Wildman–Crippen MR) is 140 cm³/mol. The van der Waals surface area contributed by atoms with E-state index in [9.17, 15) is 70.9 Å². The first-order chi connectivity index (χ1) is 21.0. The lowest BCUT2D eigenvalue weighted by Gasteiger charge is -2.42. The second kappa shape index (κ2) is 15.3. The van der Waals surface area contributed by atoms with E-state index in [1.165, 1.54) is 0 Å². The summed E-state index contributed by atoms with van der Waals surface area (Å²) in [5.41, 5.74) is 3.64. The van der Waals surface area contributed by atoms with Crippen molar-refractivity contribution in [1.29, 1.82) is 0 Å². The quantitative estimate of drug-likeness (QED) is 0.0533. The van der Waals surface area contributed by atoms with Crippen LogP contribution in [0.3, 0.4) is 0 Å². The van der Waals surface area contributed by atoms with Crippen molar-refractivity contribution in [2.24, 2.45) is 0 Å². The number of carbonyl (C=O) groups excluding carboxylic acids is 1. The molecular weight excluding hydrogens is 618 g/mol. The molecule has 0 bridgehead atoms. The minimum Gasteiger partial charge on any atom is -0.506 e. The van der Waals surface area contributed by atoms with Crippen LogP contribution in [0.4, 0.5) is 5.69 Å². The molecule has 0 amide bonds. The van der Waals surface area contributed by atoms with Gasteiger partial charge in [-0.1, -0.05) is 0 Å². The summed E-state index contributed by atoms with van der Waals surface area (Å²) in [5.74, 6) is -4.21. The molecule has 0 aromatic heterocycles. The summed E-state index contributed by atoms with van der Waals surface area (Å²) >= 11 is 0. The van der Waals surface area contributed by atoms with Gasteiger partial charge in [0.25, 0.3) is 0 Å². The SMILES string of the molecule is Nc1cc(C(=O)O)c(O)c(C(=O)[C@H](O)[C@@H](O)[C@H](O)[C@H](O)CO[C@H]2O[C@H](CO[C@H]3O[C@H](CO)[C@@H](O)[C@H](O)[C@H]3O)[C@@H](O)[C@H](O)[C@H]2O)c1. The van der Waals surface area contributed by atoms with Gasteiger partial charge in [0.1, 0.15) is 84.6 Å². The van der Waals surface area contributed by atoms with Crippen LogP contribution in [0.25, 0.3) is 0 Å². The van der Waals surface area contributed by atoms with Crippen molar-refractivity contribution in [2.45, 2.75) is 85.8 Å². The third-order valence-electron chi connectivity index (χ3n) is 7.34. The van der Waals surface area contributed by atoms with E-state index in [1.807, 2.05) is 0 Å². The number of carboxylic acid groups (broad SMARTS) is 1. The van der Waals surface area contributed by atoms with Gasteiger partial charge in [-0.15, -0.1) is 0 Å². The van der Waals surface area contributed by atoms with Crippen LogP contribution >= 0.6 is 0 Å². The largest absolute Gasteiger partial charge is 0.506 e. The molecule has 1 aromatic carbocycles. The van der Waals surface area contributed by atoms with Crippen LogP contribution in [0.2, 0.25) is 0 Å². The molecule has 1 aromatic rings. The Kier molecular flexibility index (Phi) is 12.5. The van der Waals surface area contributed by atoms with E-state index in [1.54, 1.807) is 0 Å². The molecule has 0 radical (unpaired) electrons. The number of Topliss-reactive ketones (excluding diaryl/α,β-unsaturated/α-hetero) is 1. The summed E-state index contributed by atoms with van der Waals surface area (Å²) in [6.45, 7) is -2.43. The van der Waals surface area contributed by atoms with Gasteiger partial charge in [0, 0.05) is 5.69 Å². The molecule has 0 unspecified atom stereocenters. The molecule has 45 heavy (non-hydrogen) atoms. The highest BCUT2D eigenvalue weighted by atomic mass is 16.7. The number of aliphatic hydroxyl groups excluding tert-OH is 11. The number of ketones is 1. The third kappa shape index (κ3) is 8.02. The Balaban J connectivity index is 1.61. The molecule has 0 aliphatic carbocycles. The summed E-state index contributed by atoms with van der Waals surface area (Å²) in [4.78, 5) is 23.9. The number of phenols is 1. The molecule has 256 valence electrons. The van der Waals surface area contributed by atoms with Crippen LogP contribution in [-0.4, -0.2) is 184 Å². The Labute approximate surface area is 253 Å². The Hall–Kier alpha value is -2.64. The number of benzene rings is 1. The first kappa shape index (κ1) is 36.8. The Bertz CT molecular complexity index is 1170. The number of nitrogen functional groups attached to an aromatic ring is 1. The summed E-state index contributed by atoms with van der Waals surface area (Å²) in [7, 11) is 0. The van der Waals surface area contributed by atoms with E-state index < -0.39 is 134 Å². The number of nitrogens with two attached hydrogens (primary N) is 1. The average Bonchev–Trinajstić information content (AvgIpc) is 3.01. The van der Waals surface area contributed by atoms with Gasteiger partial charge in [-0.2, -0.15) is 0 Å². The normalized spacial score (nSPS) is 34.9. The van der Waals surface area contributed by atoms with E-state index >= 15 is 0 Å². The van der Waals surface area contributed by atoms with Crippen LogP contribution < -0.4 is 5.73 Å². The van der Waals surface area contributed by atoms with Crippen LogP contribution in [0.15, 0.2) is 12.1 Å². The lowest BCUT2D eigenvalue weighted by molar-refractivity contribution is -0.333. The van der Waals surface area contributed by atoms with Crippen LogP contribution in [-0.2, 0) is 18.9 Å². The fourth-order valence-corrected chi connectivity index (χ4v) is 4.62. The minimum absolute atomic E-state index is 0.292. The standard InChI is InChI=1S/C25H37NO19/c26-6-1-7(12(29)8(2-6)23(40)41)13(30)17(34)18(35)14(31)9(28)4-42-24-22(39)20(37)16(33)11(45-24)5-43-25-21(38)19(36)15(32)10(3-27)44-25/h1-2,9-11,14-22,24-25,27-29,31-39H,3-5,26H2,(H,40,41)/t9-,10-,11-,14-,15-,16-,17+,18+,19+,20+,21-,22-,24+,25+/m1/s1. The number of anilines is 1. The number of ether oxygens (including phenoxy) is 4. The van der Waals surface area contributed by atoms with Crippen molar-refractivity contribution in [2.75, 3.05) is 25.6 Å². The van der Waals surface area contributed by atoms with Gasteiger partial charge in [-0.05, 0) is 12.1 Å². The monoisotopic (exact) mass is 655 g/mol. The van der Waals surface area contributed by atoms with E-state index in [0.29, 0.717) is 0 Å². The van der Waals surface area contributed by atoms with Crippen LogP contribution in [0.1, 0.15) is 20.7 Å². The Morgan fingerprint density at radius 1 is 0.778 bits per heavy atom. The second-order valence-corrected chi connectivity index (χ2v) is 10.5. The minimum atomic E-state index is -2.53. The first-order valence-corrected chi connectivity index (χ1v) is 13.4. The van der Waals surface area contributed by atoms with Gasteiger partial charge in [0.15, 0.2) is 18.4 Å². The van der Waals surface area contributed by atoms with Crippen molar-refractivity contribution in [3.8, 4) is 5.75 Å². The lowest BCUT2D eigenvalue weighted by atomic mass is 9.94. The molecule has 20 nitrogen and oxygen atoms in total. The molecule has 20 heteroatoms. The van der Waals surface area contributed by atoms with E-state index in [2.05, 4.69) is 0 Å². The van der Waals surface area contributed by atoms with Gasteiger partial charge < -0.3 is 91.1 Å². The Morgan fingerprint density at radius 3 is 1.84 bits per heavy atom. The maximum atomic E-state index is 12.7. The van der Waals surface area contributed by atoms with E-state index in [4.69, 9.17) is 29.8 Å². The number of aromatic carboxylic acids is 1. The van der Waals surface area contributed by atoms with Gasteiger partial charge in [0.05, 0.1) is 25.4 Å². The number of carbonyl (C=O) groups is 2. The highest BCUT2D eigenvalue weighted by Crippen LogP contribution is 2.29. The first-order valence-electron chi connectivity index (χ1n) is 13.4. The molecule has 2 aliphatic heterocycles. The molecule has 14 atom stereocenters. The number of aromatic hydroxyl groups is 1. The fraction of sp³-hybridized carbons (Fsp3) is 0.680. The lowest BCUT2D eigenvalue weighted by Crippen LogP contribution is -2.62. The molecular formula is C25H37NO19. The molecule has 2 heterocycles. The van der Waals surface area contributed by atoms with Crippen molar-refractivity contribution >= 4 is 17.4 Å². The maximum absolute atomic E-state index is 12.7. The highest BCUT2D eigenvalue weighted by molar-refractivity contribution is 6.06. The van der Waals surface area contributed by atoms with Crippen LogP contribution in [0, 0.1) is 0 Å². The Morgan fingerprint density at radius 2 is 1.29 bits per heavy atom. The summed E-state index contributed by atoms with van der Waals surface area (Å²) in [5, 5.41) is 130. The maximum Gasteiger partial charge on any atom is 0.339 e. The zero-order valence-electron chi connectivity index (χ0n) is 23.2. The number of rotatable bonds is 13. The highest BCUT2D eigenvalue weighted by Gasteiger charge is 2.48. The van der Waals surface area contributed by atoms with Gasteiger partial charge >= 0.3 is 5.97 Å². The van der Waals surface area contributed by atoms with Crippen molar-refractivity contribution < 1.29 is 94.9 Å². The smallest absolute Gasteiger partial charge is 0.339 e. The molecule has 2 aliphatic rings. The molecule has 2 fully saturated rings. The number of carboxylic acids is 1. The van der Waals surface area contributed by atoms with E-state index in [0.717, 1.165) is 12.1 Å². The van der Waals surface area contributed by atoms with E-state index in [-0.39, 0.29) is 5.69 Å². The molecule has 2 saturated heterocycles. The van der Waals surface area contributed by atoms with Gasteiger partial charge in [-0.3, -0.25) is 4.79 Å². The van der Waals surface area contributed by atoms with Crippen molar-refractivity contribution in [3.63, 3.8) is 0 Å². The zero-order valence-corrected chi connectivity index (χ0v) is 23.2. The zero-order chi connectivity index (χ0) is 33.9. The third-order valence-corrected chi connectivity index (χ3v) is 7.34. The van der Waals surface area contributed by atoms with Gasteiger partial charge in [0.2, 0.25) is 0 Å². The molecule has 0 saturated carbocycles.